The van der Waals surface area contributed by atoms with Crippen molar-refractivity contribution in [2.24, 2.45) is 0 Å². The lowest BCUT2D eigenvalue weighted by molar-refractivity contribution is -0.121. The topological polar surface area (TPSA) is 55.8 Å². The molecule has 112 valence electrons. The van der Waals surface area contributed by atoms with E-state index >= 15 is 0 Å². The third-order valence-electron chi connectivity index (χ3n) is 3.53. The maximum absolute atomic E-state index is 12.2. The minimum absolute atomic E-state index is 0.0450. The Kier molecular flexibility index (Phi) is 3.78. The van der Waals surface area contributed by atoms with Gasteiger partial charge in [0.2, 0.25) is 0 Å². The minimum Gasteiger partial charge on any atom is -0.493 e. The minimum atomic E-state index is -0.151. The van der Waals surface area contributed by atoms with Crippen molar-refractivity contribution >= 4 is 17.9 Å². The van der Waals surface area contributed by atoms with E-state index in [1.165, 1.54) is 7.11 Å². The van der Waals surface area contributed by atoms with Crippen LogP contribution >= 0.6 is 0 Å². The zero-order valence-electron chi connectivity index (χ0n) is 12.1. The number of carbonyl (C=O) groups excluding carboxylic acids is 2. The van der Waals surface area contributed by atoms with E-state index in [0.717, 1.165) is 11.8 Å². The Labute approximate surface area is 128 Å². The van der Waals surface area contributed by atoms with Gasteiger partial charge < -0.3 is 14.4 Å². The molecule has 0 N–H and O–H groups in total. The van der Waals surface area contributed by atoms with Crippen LogP contribution in [0.4, 0.5) is 5.69 Å². The van der Waals surface area contributed by atoms with E-state index in [4.69, 9.17) is 9.47 Å². The van der Waals surface area contributed by atoms with Crippen molar-refractivity contribution in [3.63, 3.8) is 0 Å². The van der Waals surface area contributed by atoms with E-state index in [2.05, 4.69) is 0 Å². The van der Waals surface area contributed by atoms with Crippen LogP contribution in [0.1, 0.15) is 15.9 Å². The molecular weight excluding hydrogens is 282 g/mol. The summed E-state index contributed by atoms with van der Waals surface area (Å²) >= 11 is 0. The molecule has 1 aliphatic heterocycles. The van der Waals surface area contributed by atoms with Gasteiger partial charge in [0, 0.05) is 5.56 Å². The first kappa shape index (κ1) is 14.1. The molecule has 0 fully saturated rings. The molecule has 0 unspecified atom stereocenters. The number of anilines is 1. The summed E-state index contributed by atoms with van der Waals surface area (Å²) in [4.78, 5) is 25.0. The van der Waals surface area contributed by atoms with Crippen LogP contribution in [-0.2, 0) is 11.3 Å². The van der Waals surface area contributed by atoms with Gasteiger partial charge in [-0.15, -0.1) is 0 Å². The summed E-state index contributed by atoms with van der Waals surface area (Å²) in [5.41, 5.74) is 1.99. The number of hydrogen-bond donors (Lipinski definition) is 0. The van der Waals surface area contributed by atoms with Crippen molar-refractivity contribution in [2.45, 2.75) is 6.54 Å². The van der Waals surface area contributed by atoms with Gasteiger partial charge in [0.05, 0.1) is 19.3 Å². The number of fused-ring (bicyclic) bond motifs is 1. The molecule has 0 spiro atoms. The Bertz CT molecular complexity index is 712. The van der Waals surface area contributed by atoms with Crippen LogP contribution in [0.2, 0.25) is 0 Å². The summed E-state index contributed by atoms with van der Waals surface area (Å²) in [6, 6.07) is 12.9. The Morgan fingerprint density at radius 1 is 1.27 bits per heavy atom. The monoisotopic (exact) mass is 297 g/mol. The molecule has 0 atom stereocenters. The number of rotatable bonds is 4. The van der Waals surface area contributed by atoms with Crippen molar-refractivity contribution in [1.82, 2.24) is 0 Å². The highest BCUT2D eigenvalue weighted by Crippen LogP contribution is 2.41. The standard InChI is InChI=1S/C17H15NO4/c1-21-15-8-13(10-19)7-14-17(15)22-11-16(20)18(14)9-12-5-3-2-4-6-12/h2-8,10H,9,11H2,1H3. The van der Waals surface area contributed by atoms with Gasteiger partial charge in [-0.1, -0.05) is 30.3 Å². The summed E-state index contributed by atoms with van der Waals surface area (Å²) in [5.74, 6) is 0.787. The van der Waals surface area contributed by atoms with E-state index in [1.807, 2.05) is 30.3 Å². The summed E-state index contributed by atoms with van der Waals surface area (Å²) in [6.07, 6.45) is 0.725. The summed E-state index contributed by atoms with van der Waals surface area (Å²) in [7, 11) is 1.51. The van der Waals surface area contributed by atoms with Crippen molar-refractivity contribution in [2.75, 3.05) is 18.6 Å². The molecule has 5 heteroatoms. The lowest BCUT2D eigenvalue weighted by Crippen LogP contribution is -2.38. The molecule has 1 aliphatic rings. The Morgan fingerprint density at radius 3 is 2.73 bits per heavy atom. The van der Waals surface area contributed by atoms with Crippen LogP contribution in [0.5, 0.6) is 11.5 Å². The van der Waals surface area contributed by atoms with Gasteiger partial charge in [0.25, 0.3) is 5.91 Å². The highest BCUT2D eigenvalue weighted by Gasteiger charge is 2.28. The molecule has 1 heterocycles. The number of benzene rings is 2. The molecule has 0 radical (unpaired) electrons. The van der Waals surface area contributed by atoms with Crippen molar-refractivity contribution in [3.8, 4) is 11.5 Å². The molecule has 22 heavy (non-hydrogen) atoms. The van der Waals surface area contributed by atoms with E-state index < -0.39 is 0 Å². The Morgan fingerprint density at radius 2 is 2.05 bits per heavy atom. The van der Waals surface area contributed by atoms with Gasteiger partial charge in [-0.05, 0) is 17.7 Å². The summed E-state index contributed by atoms with van der Waals surface area (Å²) in [5, 5.41) is 0. The van der Waals surface area contributed by atoms with Gasteiger partial charge in [-0.25, -0.2) is 0 Å². The lowest BCUT2D eigenvalue weighted by Gasteiger charge is -2.30. The smallest absolute Gasteiger partial charge is 0.265 e. The number of amides is 1. The van der Waals surface area contributed by atoms with Crippen LogP contribution in [0.15, 0.2) is 42.5 Å². The fourth-order valence-corrected chi connectivity index (χ4v) is 2.46. The zero-order chi connectivity index (χ0) is 15.5. The highest BCUT2D eigenvalue weighted by atomic mass is 16.5. The van der Waals surface area contributed by atoms with Crippen LogP contribution in [-0.4, -0.2) is 25.9 Å². The first-order valence-corrected chi connectivity index (χ1v) is 6.87. The molecule has 0 aromatic heterocycles. The quantitative estimate of drug-likeness (QED) is 0.813. The van der Waals surface area contributed by atoms with Crippen molar-refractivity contribution in [1.29, 1.82) is 0 Å². The molecule has 0 saturated heterocycles. The Hall–Kier alpha value is -2.82. The predicted molar refractivity (Wildman–Crippen MR) is 81.5 cm³/mol. The normalized spacial score (nSPS) is 13.3. The average Bonchev–Trinajstić information content (AvgIpc) is 2.57. The molecule has 1 amide bonds. The summed E-state index contributed by atoms with van der Waals surface area (Å²) < 4.78 is 10.8. The van der Waals surface area contributed by atoms with E-state index in [9.17, 15) is 9.59 Å². The molecule has 0 aliphatic carbocycles. The maximum atomic E-state index is 12.2. The van der Waals surface area contributed by atoms with Crippen molar-refractivity contribution in [3.05, 3.63) is 53.6 Å². The molecule has 2 aromatic carbocycles. The Balaban J connectivity index is 2.05. The van der Waals surface area contributed by atoms with E-state index in [0.29, 0.717) is 29.3 Å². The summed E-state index contributed by atoms with van der Waals surface area (Å²) in [6.45, 7) is 0.373. The lowest BCUT2D eigenvalue weighted by atomic mass is 10.1. The number of aldehydes is 1. The fraction of sp³-hybridized carbons (Fsp3) is 0.176. The van der Waals surface area contributed by atoms with Gasteiger partial charge in [0.15, 0.2) is 18.1 Å². The van der Waals surface area contributed by atoms with Gasteiger partial charge >= 0.3 is 0 Å². The highest BCUT2D eigenvalue weighted by molar-refractivity contribution is 5.99. The van der Waals surface area contributed by atoms with E-state index in [1.54, 1.807) is 17.0 Å². The van der Waals surface area contributed by atoms with Gasteiger partial charge in [-0.3, -0.25) is 9.59 Å². The third-order valence-corrected chi connectivity index (χ3v) is 3.53. The average molecular weight is 297 g/mol. The largest absolute Gasteiger partial charge is 0.493 e. The number of carbonyl (C=O) groups is 2. The predicted octanol–water partition coefficient (Wildman–Crippen LogP) is 2.43. The number of nitrogens with zero attached hydrogens (tertiary/aromatic N) is 1. The molecule has 5 nitrogen and oxygen atoms in total. The third kappa shape index (κ3) is 2.53. The first-order chi connectivity index (χ1) is 10.7. The SMILES string of the molecule is COc1cc(C=O)cc2c1OCC(=O)N2Cc1ccccc1. The van der Waals surface area contributed by atoms with Crippen LogP contribution in [0, 0.1) is 0 Å². The first-order valence-electron chi connectivity index (χ1n) is 6.87. The molecule has 3 rings (SSSR count). The zero-order valence-corrected chi connectivity index (χ0v) is 12.1. The van der Waals surface area contributed by atoms with Gasteiger partial charge in [0.1, 0.15) is 6.29 Å². The number of hydrogen-bond acceptors (Lipinski definition) is 4. The molecular formula is C17H15NO4. The van der Waals surface area contributed by atoms with Gasteiger partial charge in [-0.2, -0.15) is 0 Å². The molecule has 2 aromatic rings. The van der Waals surface area contributed by atoms with Crippen molar-refractivity contribution < 1.29 is 19.1 Å². The van der Waals surface area contributed by atoms with Crippen LogP contribution in [0.25, 0.3) is 0 Å². The maximum Gasteiger partial charge on any atom is 0.265 e. The van der Waals surface area contributed by atoms with E-state index in [-0.39, 0.29) is 12.5 Å². The second-order valence-corrected chi connectivity index (χ2v) is 4.94. The van der Waals surface area contributed by atoms with Crippen LogP contribution in [0.3, 0.4) is 0 Å². The fourth-order valence-electron chi connectivity index (χ4n) is 2.46. The second-order valence-electron chi connectivity index (χ2n) is 4.94. The van der Waals surface area contributed by atoms with Crippen LogP contribution < -0.4 is 14.4 Å². The number of ether oxygens (including phenoxy) is 2. The molecule has 0 saturated carbocycles. The number of methoxy groups -OCH3 is 1. The second kappa shape index (κ2) is 5.89. The molecule has 0 bridgehead atoms.